The zero-order valence-corrected chi connectivity index (χ0v) is 10.6. The summed E-state index contributed by atoms with van der Waals surface area (Å²) in [6, 6.07) is 8.74. The molecule has 0 bridgehead atoms. The third kappa shape index (κ3) is 1.92. The van der Waals surface area contributed by atoms with Crippen LogP contribution in [0.5, 0.6) is 0 Å². The van der Waals surface area contributed by atoms with Crippen molar-refractivity contribution in [2.75, 3.05) is 0 Å². The number of fused-ring (bicyclic) bond motifs is 1. The Morgan fingerprint density at radius 3 is 2.83 bits per heavy atom. The molecule has 1 aromatic carbocycles. The molecule has 0 aliphatic heterocycles. The average Bonchev–Trinajstić information content (AvgIpc) is 3.05. The molecule has 3 nitrogen and oxygen atoms in total. The largest absolute Gasteiger partial charge is 0.345 e. The van der Waals surface area contributed by atoms with E-state index in [0.717, 1.165) is 19.5 Å². The summed E-state index contributed by atoms with van der Waals surface area (Å²) in [5.41, 5.74) is 2.79. The van der Waals surface area contributed by atoms with Crippen LogP contribution in [0.2, 0.25) is 0 Å². The van der Waals surface area contributed by atoms with E-state index in [1.54, 1.807) is 0 Å². The van der Waals surface area contributed by atoms with Crippen LogP contribution in [-0.2, 0) is 19.5 Å². The molecule has 0 amide bonds. The van der Waals surface area contributed by atoms with Crippen molar-refractivity contribution < 1.29 is 0 Å². The monoisotopic (exact) mass is 239 g/mol. The van der Waals surface area contributed by atoms with Crippen LogP contribution in [0.15, 0.2) is 49.2 Å². The topological polar surface area (TPSA) is 22.8 Å². The first kappa shape index (κ1) is 11.1. The lowest BCUT2D eigenvalue weighted by molar-refractivity contribution is 0.591. The highest BCUT2D eigenvalue weighted by Gasteiger charge is 2.04. The van der Waals surface area contributed by atoms with Crippen molar-refractivity contribution >= 4 is 10.9 Å². The summed E-state index contributed by atoms with van der Waals surface area (Å²) in [4.78, 5) is 4.07. The van der Waals surface area contributed by atoms with Gasteiger partial charge < -0.3 is 9.13 Å². The Bertz CT molecular complexity index is 635. The fourth-order valence-corrected chi connectivity index (χ4v) is 2.45. The van der Waals surface area contributed by atoms with Crippen LogP contribution in [0.1, 0.15) is 12.5 Å². The predicted octanol–water partition coefficient (Wildman–Crippen LogP) is 3.10. The fourth-order valence-electron chi connectivity index (χ4n) is 2.45. The van der Waals surface area contributed by atoms with E-state index in [9.17, 15) is 0 Å². The van der Waals surface area contributed by atoms with Crippen molar-refractivity contribution in [2.24, 2.45) is 0 Å². The van der Waals surface area contributed by atoms with Gasteiger partial charge in [0.1, 0.15) is 0 Å². The molecule has 3 heteroatoms. The normalized spacial score (nSPS) is 11.2. The van der Waals surface area contributed by atoms with Crippen molar-refractivity contribution in [2.45, 2.75) is 26.4 Å². The number of aromatic nitrogens is 3. The molecule has 0 saturated carbocycles. The number of para-hydroxylation sites is 1. The number of aryl methyl sites for hydroxylation is 3. The molecule has 0 aliphatic rings. The third-order valence-corrected chi connectivity index (χ3v) is 3.41. The molecule has 0 fully saturated rings. The first-order valence-electron chi connectivity index (χ1n) is 6.41. The Morgan fingerprint density at radius 1 is 1.11 bits per heavy atom. The Labute approximate surface area is 107 Å². The maximum absolute atomic E-state index is 4.07. The Hall–Kier alpha value is -2.03. The van der Waals surface area contributed by atoms with E-state index < -0.39 is 0 Å². The highest BCUT2D eigenvalue weighted by atomic mass is 15.1. The molecule has 0 atom stereocenters. The number of hydrogen-bond donors (Lipinski definition) is 0. The summed E-state index contributed by atoms with van der Waals surface area (Å²) >= 11 is 0. The summed E-state index contributed by atoms with van der Waals surface area (Å²) in [6.07, 6.45) is 8.96. The number of imidazole rings is 1. The fraction of sp³-hybridized carbons (Fsp3) is 0.267. The first-order valence-corrected chi connectivity index (χ1v) is 6.41. The number of rotatable bonds is 4. The average molecular weight is 239 g/mol. The van der Waals surface area contributed by atoms with Crippen molar-refractivity contribution in [3.8, 4) is 0 Å². The zero-order valence-electron chi connectivity index (χ0n) is 10.6. The Morgan fingerprint density at radius 2 is 2.06 bits per heavy atom. The van der Waals surface area contributed by atoms with Gasteiger partial charge in [0.15, 0.2) is 0 Å². The maximum Gasteiger partial charge on any atom is 0.0946 e. The maximum atomic E-state index is 4.07. The van der Waals surface area contributed by atoms with Gasteiger partial charge in [0, 0.05) is 31.7 Å². The number of hydrogen-bond acceptors (Lipinski definition) is 1. The second-order valence-corrected chi connectivity index (χ2v) is 4.52. The summed E-state index contributed by atoms with van der Waals surface area (Å²) in [5.74, 6) is 0. The van der Waals surface area contributed by atoms with Gasteiger partial charge in [-0.25, -0.2) is 4.98 Å². The van der Waals surface area contributed by atoms with Crippen LogP contribution < -0.4 is 0 Å². The molecule has 2 aromatic heterocycles. The second-order valence-electron chi connectivity index (χ2n) is 4.52. The van der Waals surface area contributed by atoms with Crippen LogP contribution >= 0.6 is 0 Å². The van der Waals surface area contributed by atoms with E-state index in [1.807, 2.05) is 18.7 Å². The molecule has 0 spiro atoms. The number of benzene rings is 1. The van der Waals surface area contributed by atoms with E-state index in [1.165, 1.54) is 16.5 Å². The minimum absolute atomic E-state index is 0.960. The Balaban J connectivity index is 1.92. The summed E-state index contributed by atoms with van der Waals surface area (Å²) in [5, 5.41) is 1.33. The molecule has 18 heavy (non-hydrogen) atoms. The molecule has 3 aromatic rings. The lowest BCUT2D eigenvalue weighted by atomic mass is 10.1. The van der Waals surface area contributed by atoms with Crippen molar-refractivity contribution in [3.05, 3.63) is 54.7 Å². The molecular formula is C15H17N3. The van der Waals surface area contributed by atoms with E-state index in [0.29, 0.717) is 0 Å². The lowest BCUT2D eigenvalue weighted by Gasteiger charge is -2.09. The molecule has 0 radical (unpaired) electrons. The van der Waals surface area contributed by atoms with Crippen molar-refractivity contribution in [3.63, 3.8) is 0 Å². The lowest BCUT2D eigenvalue weighted by Crippen LogP contribution is -2.05. The van der Waals surface area contributed by atoms with Gasteiger partial charge in [0.2, 0.25) is 0 Å². The summed E-state index contributed by atoms with van der Waals surface area (Å²) in [6.45, 7) is 4.15. The van der Waals surface area contributed by atoms with E-state index in [4.69, 9.17) is 0 Å². The molecular weight excluding hydrogens is 222 g/mol. The van der Waals surface area contributed by atoms with Crippen LogP contribution in [0.3, 0.4) is 0 Å². The first-order chi connectivity index (χ1) is 8.88. The van der Waals surface area contributed by atoms with Crippen LogP contribution in [0.25, 0.3) is 10.9 Å². The van der Waals surface area contributed by atoms with Gasteiger partial charge in [-0.3, -0.25) is 0 Å². The van der Waals surface area contributed by atoms with Crippen LogP contribution in [0.4, 0.5) is 0 Å². The highest BCUT2D eigenvalue weighted by Crippen LogP contribution is 2.20. The Kier molecular flexibility index (Phi) is 2.89. The van der Waals surface area contributed by atoms with Gasteiger partial charge in [0.05, 0.1) is 11.8 Å². The van der Waals surface area contributed by atoms with Crippen LogP contribution in [-0.4, -0.2) is 14.1 Å². The van der Waals surface area contributed by atoms with Crippen LogP contribution in [0, 0.1) is 0 Å². The summed E-state index contributed by atoms with van der Waals surface area (Å²) in [7, 11) is 0. The minimum Gasteiger partial charge on any atom is -0.345 e. The molecule has 0 saturated heterocycles. The highest BCUT2D eigenvalue weighted by molar-refractivity contribution is 5.83. The van der Waals surface area contributed by atoms with E-state index >= 15 is 0 Å². The molecule has 0 aliphatic carbocycles. The van der Waals surface area contributed by atoms with E-state index in [-0.39, 0.29) is 0 Å². The van der Waals surface area contributed by atoms with Crippen molar-refractivity contribution in [1.82, 2.24) is 14.1 Å². The quantitative estimate of drug-likeness (QED) is 0.686. The molecule has 3 rings (SSSR count). The number of nitrogens with zero attached hydrogens (tertiary/aromatic N) is 3. The van der Waals surface area contributed by atoms with Gasteiger partial charge in [-0.05, 0) is 23.4 Å². The smallest absolute Gasteiger partial charge is 0.0946 e. The molecule has 0 N–H and O–H groups in total. The van der Waals surface area contributed by atoms with Gasteiger partial charge in [-0.2, -0.15) is 0 Å². The van der Waals surface area contributed by atoms with Gasteiger partial charge >= 0.3 is 0 Å². The van der Waals surface area contributed by atoms with Crippen molar-refractivity contribution in [1.29, 1.82) is 0 Å². The van der Waals surface area contributed by atoms with Gasteiger partial charge in [0.25, 0.3) is 0 Å². The molecule has 2 heterocycles. The molecule has 0 unspecified atom stereocenters. The van der Waals surface area contributed by atoms with Gasteiger partial charge in [-0.1, -0.05) is 25.1 Å². The minimum atomic E-state index is 0.960. The molecule has 92 valence electrons. The zero-order chi connectivity index (χ0) is 12.4. The SMILES string of the molecule is CCc1cccc2ccn(CCn3ccnc3)c12. The predicted molar refractivity (Wildman–Crippen MR) is 73.5 cm³/mol. The van der Waals surface area contributed by atoms with E-state index in [2.05, 4.69) is 51.5 Å². The third-order valence-electron chi connectivity index (χ3n) is 3.41. The summed E-state index contributed by atoms with van der Waals surface area (Å²) < 4.78 is 4.45. The second kappa shape index (κ2) is 4.69. The standard InChI is InChI=1S/C15H17N3/c1-2-13-4-3-5-14-6-8-18(15(13)14)11-10-17-9-7-16-12-17/h3-9,12H,2,10-11H2,1H3. The van der Waals surface area contributed by atoms with Gasteiger partial charge in [-0.15, -0.1) is 0 Å².